The van der Waals surface area contributed by atoms with Crippen LogP contribution >= 0.6 is 23.2 Å². The van der Waals surface area contributed by atoms with Crippen molar-refractivity contribution in [1.29, 1.82) is 0 Å². The zero-order valence-corrected chi connectivity index (χ0v) is 19.1. The molecule has 1 N–H and O–H groups in total. The predicted octanol–water partition coefficient (Wildman–Crippen LogP) is 6.60. The summed E-state index contributed by atoms with van der Waals surface area (Å²) < 4.78 is 5.93. The molecule has 0 aliphatic carbocycles. The maximum Gasteiger partial charge on any atom is 0.320 e. The van der Waals surface area contributed by atoms with E-state index in [2.05, 4.69) is 4.90 Å². The highest BCUT2D eigenvalue weighted by Crippen LogP contribution is 2.37. The molecule has 1 aliphatic rings. The van der Waals surface area contributed by atoms with Gasteiger partial charge in [0.1, 0.15) is 18.4 Å². The largest absolute Gasteiger partial charge is 0.489 e. The fourth-order valence-corrected chi connectivity index (χ4v) is 4.58. The number of likely N-dealkylation sites (tertiary alicyclic amines) is 1. The van der Waals surface area contributed by atoms with Gasteiger partial charge in [-0.25, -0.2) is 0 Å². The first-order valence-electron chi connectivity index (χ1n) is 10.7. The van der Waals surface area contributed by atoms with Crippen LogP contribution < -0.4 is 4.74 Å². The quantitative estimate of drug-likeness (QED) is 0.423. The number of ether oxygens (including phenoxy) is 1. The third-order valence-electron chi connectivity index (χ3n) is 5.86. The Balaban J connectivity index is 1.63. The fraction of sp³-hybridized carbons (Fsp3) is 0.269. The van der Waals surface area contributed by atoms with E-state index < -0.39 is 12.0 Å². The first kappa shape index (κ1) is 22.7. The zero-order valence-electron chi connectivity index (χ0n) is 17.6. The van der Waals surface area contributed by atoms with Crippen molar-refractivity contribution in [2.45, 2.75) is 38.0 Å². The molecule has 32 heavy (non-hydrogen) atoms. The maximum absolute atomic E-state index is 12.0. The molecular weight excluding hydrogens is 445 g/mol. The smallest absolute Gasteiger partial charge is 0.320 e. The molecule has 0 bridgehead atoms. The Morgan fingerprint density at radius 2 is 1.69 bits per heavy atom. The molecule has 3 aromatic carbocycles. The number of nitrogens with zero attached hydrogens (tertiary/aromatic N) is 1. The number of hydrogen-bond donors (Lipinski definition) is 1. The van der Waals surface area contributed by atoms with Crippen molar-refractivity contribution in [2.24, 2.45) is 0 Å². The summed E-state index contributed by atoms with van der Waals surface area (Å²) in [6.07, 6.45) is 2.50. The van der Waals surface area contributed by atoms with Crippen molar-refractivity contribution in [3.05, 3.63) is 99.5 Å². The lowest BCUT2D eigenvalue weighted by Crippen LogP contribution is -2.46. The number of carbonyl (C=O) groups is 1. The van der Waals surface area contributed by atoms with Gasteiger partial charge in [0, 0.05) is 0 Å². The SMILES string of the molecule is O=C(O)C1CCCCN1C(c1ccc(OCc2ccccc2)cc1)c1ccc(Cl)c(Cl)c1. The Hall–Kier alpha value is -2.53. The summed E-state index contributed by atoms with van der Waals surface area (Å²) in [6, 6.07) is 22.6. The van der Waals surface area contributed by atoms with E-state index >= 15 is 0 Å². The highest BCUT2D eigenvalue weighted by molar-refractivity contribution is 6.42. The molecule has 4 nitrogen and oxygen atoms in total. The van der Waals surface area contributed by atoms with Crippen LogP contribution in [0.15, 0.2) is 72.8 Å². The highest BCUT2D eigenvalue weighted by Gasteiger charge is 2.35. The second-order valence-electron chi connectivity index (χ2n) is 8.01. The molecule has 1 saturated heterocycles. The minimum absolute atomic E-state index is 0.241. The number of hydrogen-bond acceptors (Lipinski definition) is 3. The lowest BCUT2D eigenvalue weighted by molar-refractivity contribution is -0.145. The van der Waals surface area contributed by atoms with Gasteiger partial charge in [-0.05, 0) is 60.3 Å². The van der Waals surface area contributed by atoms with E-state index in [4.69, 9.17) is 27.9 Å². The molecule has 4 rings (SSSR count). The summed E-state index contributed by atoms with van der Waals surface area (Å²) in [6.45, 7) is 1.19. The van der Waals surface area contributed by atoms with E-state index in [1.165, 1.54) is 0 Å². The number of carboxylic acid groups (broad SMARTS) is 1. The van der Waals surface area contributed by atoms with E-state index in [0.717, 1.165) is 35.3 Å². The maximum atomic E-state index is 12.0. The van der Waals surface area contributed by atoms with Crippen molar-refractivity contribution < 1.29 is 14.6 Å². The molecular formula is C26H25Cl2NO3. The number of rotatable bonds is 7. The Kier molecular flexibility index (Phi) is 7.36. The van der Waals surface area contributed by atoms with E-state index in [1.807, 2.05) is 66.7 Å². The Morgan fingerprint density at radius 1 is 0.969 bits per heavy atom. The molecule has 166 valence electrons. The second kappa shape index (κ2) is 10.4. The van der Waals surface area contributed by atoms with Gasteiger partial charge in [0.25, 0.3) is 0 Å². The summed E-state index contributed by atoms with van der Waals surface area (Å²) >= 11 is 12.5. The number of benzene rings is 3. The first-order valence-corrected chi connectivity index (χ1v) is 11.5. The van der Waals surface area contributed by atoms with Gasteiger partial charge in [0.2, 0.25) is 0 Å². The normalized spacial score (nSPS) is 17.6. The molecule has 1 fully saturated rings. The molecule has 0 saturated carbocycles. The second-order valence-corrected chi connectivity index (χ2v) is 8.82. The number of aliphatic carboxylic acids is 1. The van der Waals surface area contributed by atoms with E-state index in [-0.39, 0.29) is 6.04 Å². The first-order chi connectivity index (χ1) is 15.5. The highest BCUT2D eigenvalue weighted by atomic mass is 35.5. The van der Waals surface area contributed by atoms with Crippen molar-refractivity contribution in [3.8, 4) is 5.75 Å². The minimum atomic E-state index is -0.794. The molecule has 0 radical (unpaired) electrons. The van der Waals surface area contributed by atoms with Crippen LogP contribution in [0.2, 0.25) is 10.0 Å². The Morgan fingerprint density at radius 3 is 2.38 bits per heavy atom. The lowest BCUT2D eigenvalue weighted by atomic mass is 9.91. The van der Waals surface area contributed by atoms with Crippen molar-refractivity contribution in [2.75, 3.05) is 6.54 Å². The van der Waals surface area contributed by atoms with Crippen LogP contribution in [0.4, 0.5) is 0 Å². The predicted molar refractivity (Wildman–Crippen MR) is 128 cm³/mol. The molecule has 2 unspecified atom stereocenters. The molecule has 3 aromatic rings. The molecule has 6 heteroatoms. The Labute approximate surface area is 198 Å². The van der Waals surface area contributed by atoms with Gasteiger partial charge >= 0.3 is 5.97 Å². The average molecular weight is 470 g/mol. The van der Waals surface area contributed by atoms with Crippen LogP contribution in [-0.2, 0) is 11.4 Å². The van der Waals surface area contributed by atoms with Gasteiger partial charge in [-0.15, -0.1) is 0 Å². The third-order valence-corrected chi connectivity index (χ3v) is 6.60. The van der Waals surface area contributed by atoms with Crippen molar-refractivity contribution in [1.82, 2.24) is 4.90 Å². The molecule has 2 atom stereocenters. The van der Waals surface area contributed by atoms with Crippen LogP contribution in [0.1, 0.15) is 42.0 Å². The summed E-state index contributed by atoms with van der Waals surface area (Å²) in [5, 5.41) is 10.8. The summed E-state index contributed by atoms with van der Waals surface area (Å²) in [4.78, 5) is 14.1. The van der Waals surface area contributed by atoms with Gasteiger partial charge < -0.3 is 9.84 Å². The standard InChI is InChI=1S/C26H25Cl2NO3/c27-22-14-11-20(16-23(22)28)25(29-15-5-4-8-24(29)26(30)31)19-9-12-21(13-10-19)32-17-18-6-2-1-3-7-18/h1-3,6-7,9-14,16,24-25H,4-5,8,15,17H2,(H,30,31). The topological polar surface area (TPSA) is 49.8 Å². The van der Waals surface area contributed by atoms with Gasteiger partial charge in [0.05, 0.1) is 16.1 Å². The summed E-state index contributed by atoms with van der Waals surface area (Å²) in [5.74, 6) is -0.0310. The molecule has 0 aromatic heterocycles. The molecule has 0 spiro atoms. The van der Waals surface area contributed by atoms with E-state index in [1.54, 1.807) is 6.07 Å². The number of halogens is 2. The zero-order chi connectivity index (χ0) is 22.5. The molecule has 1 heterocycles. The van der Waals surface area contributed by atoms with Gasteiger partial charge in [-0.3, -0.25) is 9.69 Å². The number of carboxylic acids is 1. The van der Waals surface area contributed by atoms with Crippen LogP contribution in [0, 0.1) is 0 Å². The lowest BCUT2D eigenvalue weighted by Gasteiger charge is -2.39. The van der Waals surface area contributed by atoms with Crippen LogP contribution in [0.25, 0.3) is 0 Å². The van der Waals surface area contributed by atoms with Gasteiger partial charge in [-0.1, -0.05) is 78.2 Å². The molecule has 0 amide bonds. The van der Waals surface area contributed by atoms with Crippen LogP contribution in [-0.4, -0.2) is 28.6 Å². The fourth-order valence-electron chi connectivity index (χ4n) is 4.27. The number of piperidine rings is 1. The summed E-state index contributed by atoms with van der Waals surface area (Å²) in [5.41, 5.74) is 3.01. The molecule has 1 aliphatic heterocycles. The van der Waals surface area contributed by atoms with Crippen LogP contribution in [0.5, 0.6) is 5.75 Å². The van der Waals surface area contributed by atoms with Crippen LogP contribution in [0.3, 0.4) is 0 Å². The van der Waals surface area contributed by atoms with Crippen molar-refractivity contribution in [3.63, 3.8) is 0 Å². The average Bonchev–Trinajstić information content (AvgIpc) is 2.82. The van der Waals surface area contributed by atoms with E-state index in [9.17, 15) is 9.90 Å². The Bertz CT molecular complexity index is 1060. The minimum Gasteiger partial charge on any atom is -0.489 e. The third kappa shape index (κ3) is 5.26. The van der Waals surface area contributed by atoms with E-state index in [0.29, 0.717) is 29.6 Å². The van der Waals surface area contributed by atoms with Gasteiger partial charge in [-0.2, -0.15) is 0 Å². The monoisotopic (exact) mass is 469 g/mol. The summed E-state index contributed by atoms with van der Waals surface area (Å²) in [7, 11) is 0. The van der Waals surface area contributed by atoms with Crippen molar-refractivity contribution >= 4 is 29.2 Å². The van der Waals surface area contributed by atoms with Gasteiger partial charge in [0.15, 0.2) is 0 Å².